The summed E-state index contributed by atoms with van der Waals surface area (Å²) in [5.74, 6) is 0. The summed E-state index contributed by atoms with van der Waals surface area (Å²) in [7, 11) is 0. The monoisotopic (exact) mass is 252 g/mol. The molecule has 1 aromatic rings. The molecule has 0 amide bonds. The van der Waals surface area contributed by atoms with E-state index < -0.39 is 0 Å². The number of anilines is 1. The molecule has 0 bridgehead atoms. The van der Waals surface area contributed by atoms with Crippen LogP contribution in [-0.2, 0) is 4.74 Å². The Balaban J connectivity index is 0.000000771. The molecule has 100 valence electrons. The molecule has 18 heavy (non-hydrogen) atoms. The molecule has 0 unspecified atom stereocenters. The van der Waals surface area contributed by atoms with E-state index in [1.165, 1.54) is 0 Å². The van der Waals surface area contributed by atoms with Crippen molar-refractivity contribution in [3.05, 3.63) is 33.9 Å². The van der Waals surface area contributed by atoms with E-state index in [4.69, 9.17) is 4.74 Å². The minimum Gasteiger partial charge on any atom is -0.378 e. The van der Waals surface area contributed by atoms with Gasteiger partial charge in [0, 0.05) is 30.9 Å². The van der Waals surface area contributed by atoms with Crippen molar-refractivity contribution in [2.24, 2.45) is 0 Å². The topological polar surface area (TPSA) is 55.6 Å². The maximum atomic E-state index is 10.8. The third-order valence-electron chi connectivity index (χ3n) is 2.63. The molecule has 1 aliphatic rings. The van der Waals surface area contributed by atoms with Gasteiger partial charge in [-0.1, -0.05) is 13.8 Å². The summed E-state index contributed by atoms with van der Waals surface area (Å²) < 4.78 is 5.25. The third kappa shape index (κ3) is 3.70. The van der Waals surface area contributed by atoms with Crippen LogP contribution in [0, 0.1) is 17.0 Å². The van der Waals surface area contributed by atoms with Crippen molar-refractivity contribution in [2.75, 3.05) is 31.2 Å². The Morgan fingerprint density at radius 3 is 2.39 bits per heavy atom. The number of hydrogen-bond donors (Lipinski definition) is 0. The second kappa shape index (κ2) is 6.96. The molecule has 1 fully saturated rings. The Hall–Kier alpha value is -1.62. The molecular weight excluding hydrogens is 232 g/mol. The molecule has 5 heteroatoms. The van der Waals surface area contributed by atoms with E-state index in [1.807, 2.05) is 26.8 Å². The number of aryl methyl sites for hydroxylation is 1. The van der Waals surface area contributed by atoms with E-state index >= 15 is 0 Å². The number of non-ortho nitro benzene ring substituents is 1. The number of nitro groups is 1. The zero-order valence-electron chi connectivity index (χ0n) is 11.2. The van der Waals surface area contributed by atoms with E-state index in [0.717, 1.165) is 24.3 Å². The average Bonchev–Trinajstić information content (AvgIpc) is 2.41. The fraction of sp³-hybridized carbons (Fsp3) is 0.538. The molecule has 0 aromatic heterocycles. The number of nitro benzene ring substituents is 1. The van der Waals surface area contributed by atoms with Crippen molar-refractivity contribution in [3.8, 4) is 0 Å². The van der Waals surface area contributed by atoms with E-state index in [9.17, 15) is 10.1 Å². The lowest BCUT2D eigenvalue weighted by molar-refractivity contribution is -0.384. The van der Waals surface area contributed by atoms with Gasteiger partial charge in [-0.05, 0) is 18.6 Å². The molecule has 0 aliphatic carbocycles. The SMILES string of the molecule is CC.Cc1cc(N2CCOCC2)cc([N+](=O)[O-])c1. The van der Waals surface area contributed by atoms with Crippen LogP contribution in [0.15, 0.2) is 18.2 Å². The fourth-order valence-corrected chi connectivity index (χ4v) is 1.85. The van der Waals surface area contributed by atoms with Crippen molar-refractivity contribution >= 4 is 11.4 Å². The molecule has 0 radical (unpaired) electrons. The number of morpholine rings is 1. The van der Waals surface area contributed by atoms with Crippen LogP contribution in [0.3, 0.4) is 0 Å². The number of ether oxygens (including phenoxy) is 1. The Morgan fingerprint density at radius 1 is 1.22 bits per heavy atom. The van der Waals surface area contributed by atoms with Gasteiger partial charge in [0.15, 0.2) is 0 Å². The van der Waals surface area contributed by atoms with Gasteiger partial charge in [0.25, 0.3) is 5.69 Å². The maximum absolute atomic E-state index is 10.8. The average molecular weight is 252 g/mol. The van der Waals surface area contributed by atoms with Crippen LogP contribution in [0.1, 0.15) is 19.4 Å². The first-order valence-corrected chi connectivity index (χ1v) is 6.25. The van der Waals surface area contributed by atoms with Crippen LogP contribution < -0.4 is 4.90 Å². The minimum atomic E-state index is -0.350. The van der Waals surface area contributed by atoms with E-state index in [0.29, 0.717) is 13.2 Å². The summed E-state index contributed by atoms with van der Waals surface area (Å²) in [4.78, 5) is 12.5. The van der Waals surface area contributed by atoms with Gasteiger partial charge in [0.05, 0.1) is 18.1 Å². The Kier molecular flexibility index (Phi) is 5.58. The number of hydrogen-bond acceptors (Lipinski definition) is 4. The van der Waals surface area contributed by atoms with Crippen LogP contribution in [0.5, 0.6) is 0 Å². The van der Waals surface area contributed by atoms with E-state index in [2.05, 4.69) is 4.90 Å². The van der Waals surface area contributed by atoms with Crippen LogP contribution in [0.4, 0.5) is 11.4 Å². The lowest BCUT2D eigenvalue weighted by atomic mass is 10.1. The molecule has 1 aliphatic heterocycles. The Bertz CT molecular complexity index is 401. The normalized spacial score (nSPS) is 14.7. The van der Waals surface area contributed by atoms with Gasteiger partial charge in [-0.15, -0.1) is 0 Å². The first-order chi connectivity index (χ1) is 8.66. The van der Waals surface area contributed by atoms with E-state index in [1.54, 1.807) is 12.1 Å². The molecule has 0 saturated carbocycles. The van der Waals surface area contributed by atoms with Crippen molar-refractivity contribution in [1.29, 1.82) is 0 Å². The summed E-state index contributed by atoms with van der Waals surface area (Å²) in [6.45, 7) is 8.82. The van der Waals surface area contributed by atoms with Crippen molar-refractivity contribution in [2.45, 2.75) is 20.8 Å². The second-order valence-corrected chi connectivity index (χ2v) is 3.88. The Morgan fingerprint density at radius 2 is 1.83 bits per heavy atom. The summed E-state index contributed by atoms with van der Waals surface area (Å²) in [5, 5.41) is 10.8. The third-order valence-corrected chi connectivity index (χ3v) is 2.63. The van der Waals surface area contributed by atoms with Crippen LogP contribution in [-0.4, -0.2) is 31.2 Å². The highest BCUT2D eigenvalue weighted by molar-refractivity contribution is 5.55. The van der Waals surface area contributed by atoms with Gasteiger partial charge >= 0.3 is 0 Å². The predicted octanol–water partition coefficient (Wildman–Crippen LogP) is 2.77. The van der Waals surface area contributed by atoms with Gasteiger partial charge in [-0.3, -0.25) is 10.1 Å². The minimum absolute atomic E-state index is 0.154. The summed E-state index contributed by atoms with van der Waals surface area (Å²) in [5.41, 5.74) is 1.98. The summed E-state index contributed by atoms with van der Waals surface area (Å²) in [6, 6.07) is 5.18. The number of rotatable bonds is 2. The second-order valence-electron chi connectivity index (χ2n) is 3.88. The van der Waals surface area contributed by atoms with Gasteiger partial charge in [-0.25, -0.2) is 0 Å². The molecule has 0 N–H and O–H groups in total. The number of benzene rings is 1. The van der Waals surface area contributed by atoms with Crippen LogP contribution in [0.2, 0.25) is 0 Å². The van der Waals surface area contributed by atoms with Crippen molar-refractivity contribution in [3.63, 3.8) is 0 Å². The fourth-order valence-electron chi connectivity index (χ4n) is 1.85. The van der Waals surface area contributed by atoms with Crippen LogP contribution in [0.25, 0.3) is 0 Å². The Labute approximate surface area is 108 Å². The highest BCUT2D eigenvalue weighted by Gasteiger charge is 2.15. The maximum Gasteiger partial charge on any atom is 0.271 e. The zero-order valence-corrected chi connectivity index (χ0v) is 11.2. The molecule has 0 atom stereocenters. The lowest BCUT2D eigenvalue weighted by Gasteiger charge is -2.28. The molecule has 1 heterocycles. The highest BCUT2D eigenvalue weighted by atomic mass is 16.6. The van der Waals surface area contributed by atoms with Gasteiger partial charge in [0.2, 0.25) is 0 Å². The van der Waals surface area contributed by atoms with Gasteiger partial charge < -0.3 is 9.64 Å². The highest BCUT2D eigenvalue weighted by Crippen LogP contribution is 2.24. The summed E-state index contributed by atoms with van der Waals surface area (Å²) >= 11 is 0. The zero-order chi connectivity index (χ0) is 13.5. The smallest absolute Gasteiger partial charge is 0.271 e. The molecule has 5 nitrogen and oxygen atoms in total. The largest absolute Gasteiger partial charge is 0.378 e. The quantitative estimate of drug-likeness (QED) is 0.600. The predicted molar refractivity (Wildman–Crippen MR) is 72.2 cm³/mol. The first-order valence-electron chi connectivity index (χ1n) is 6.25. The molecule has 2 rings (SSSR count). The first kappa shape index (κ1) is 14.4. The molecule has 0 spiro atoms. The van der Waals surface area contributed by atoms with Crippen LogP contribution >= 0.6 is 0 Å². The molecule has 1 aromatic carbocycles. The standard InChI is InChI=1S/C11H14N2O3.C2H6/c1-9-6-10(8-11(7-9)13(14)15)12-2-4-16-5-3-12;1-2/h6-8H,2-5H2,1H3;1-2H3. The van der Waals surface area contributed by atoms with E-state index in [-0.39, 0.29) is 10.6 Å². The molecular formula is C13H20N2O3. The van der Waals surface area contributed by atoms with Gasteiger partial charge in [-0.2, -0.15) is 0 Å². The lowest BCUT2D eigenvalue weighted by Crippen LogP contribution is -2.36. The van der Waals surface area contributed by atoms with Gasteiger partial charge in [0.1, 0.15) is 0 Å². The number of nitrogens with zero attached hydrogens (tertiary/aromatic N) is 2. The molecule has 1 saturated heterocycles. The summed E-state index contributed by atoms with van der Waals surface area (Å²) in [6.07, 6.45) is 0. The van der Waals surface area contributed by atoms with Crippen molar-refractivity contribution in [1.82, 2.24) is 0 Å². The van der Waals surface area contributed by atoms with Crippen molar-refractivity contribution < 1.29 is 9.66 Å².